The highest BCUT2D eigenvalue weighted by molar-refractivity contribution is 6.03. The van der Waals surface area contributed by atoms with Crippen molar-refractivity contribution in [1.29, 1.82) is 5.26 Å². The summed E-state index contributed by atoms with van der Waals surface area (Å²) >= 11 is 0. The lowest BCUT2D eigenvalue weighted by Crippen LogP contribution is -2.15. The summed E-state index contributed by atoms with van der Waals surface area (Å²) in [6.07, 6.45) is 0. The average molecular weight is 332 g/mol. The van der Waals surface area contributed by atoms with Crippen LogP contribution in [0.5, 0.6) is 5.75 Å². The summed E-state index contributed by atoms with van der Waals surface area (Å²) in [6.45, 7) is 0. The van der Waals surface area contributed by atoms with E-state index in [1.807, 2.05) is 30.3 Å². The van der Waals surface area contributed by atoms with Crippen molar-refractivity contribution in [3.8, 4) is 23.1 Å². The van der Waals surface area contributed by atoms with Crippen LogP contribution in [0.3, 0.4) is 0 Å². The first-order valence-corrected chi connectivity index (χ1v) is 7.60. The van der Waals surface area contributed by atoms with Crippen molar-refractivity contribution in [1.82, 2.24) is 9.78 Å². The number of rotatable bonds is 4. The van der Waals surface area contributed by atoms with Crippen molar-refractivity contribution in [2.24, 2.45) is 7.05 Å². The number of amides is 1. The predicted molar refractivity (Wildman–Crippen MR) is 94.3 cm³/mol. The maximum atomic E-state index is 12.5. The molecule has 124 valence electrons. The van der Waals surface area contributed by atoms with Crippen LogP contribution in [0, 0.1) is 11.3 Å². The van der Waals surface area contributed by atoms with Crippen LogP contribution in [0.4, 0.5) is 5.69 Å². The molecule has 0 unspecified atom stereocenters. The van der Waals surface area contributed by atoms with Crippen LogP contribution in [-0.2, 0) is 7.05 Å². The van der Waals surface area contributed by atoms with Gasteiger partial charge in [0.25, 0.3) is 5.91 Å². The Balaban J connectivity index is 1.83. The Kier molecular flexibility index (Phi) is 4.48. The number of benzene rings is 2. The minimum atomic E-state index is -0.270. The van der Waals surface area contributed by atoms with Crippen molar-refractivity contribution in [2.75, 3.05) is 12.4 Å². The molecular weight excluding hydrogens is 316 g/mol. The largest absolute Gasteiger partial charge is 0.497 e. The van der Waals surface area contributed by atoms with Crippen LogP contribution in [-0.4, -0.2) is 22.8 Å². The second-order valence-corrected chi connectivity index (χ2v) is 5.41. The van der Waals surface area contributed by atoms with E-state index in [2.05, 4.69) is 10.4 Å². The molecule has 0 atom stereocenters. The minimum Gasteiger partial charge on any atom is -0.497 e. The van der Waals surface area contributed by atoms with E-state index in [0.29, 0.717) is 22.6 Å². The van der Waals surface area contributed by atoms with E-state index >= 15 is 0 Å². The van der Waals surface area contributed by atoms with E-state index in [9.17, 15) is 4.79 Å². The molecule has 0 aliphatic carbocycles. The number of hydrogen-bond donors (Lipinski definition) is 1. The second kappa shape index (κ2) is 6.89. The number of hydrogen-bond acceptors (Lipinski definition) is 4. The number of ether oxygens (including phenoxy) is 1. The maximum Gasteiger partial charge on any atom is 0.273 e. The summed E-state index contributed by atoms with van der Waals surface area (Å²) < 4.78 is 6.76. The van der Waals surface area contributed by atoms with E-state index < -0.39 is 0 Å². The molecule has 3 rings (SSSR count). The van der Waals surface area contributed by atoms with Gasteiger partial charge in [-0.3, -0.25) is 9.48 Å². The smallest absolute Gasteiger partial charge is 0.273 e. The van der Waals surface area contributed by atoms with Gasteiger partial charge in [0.05, 0.1) is 24.4 Å². The fraction of sp³-hybridized carbons (Fsp3) is 0.105. The maximum absolute atomic E-state index is 12.5. The lowest BCUT2D eigenvalue weighted by atomic mass is 10.1. The van der Waals surface area contributed by atoms with Crippen LogP contribution < -0.4 is 10.1 Å². The SMILES string of the molecule is COc1cccc(-c2cc(C(=O)Nc3ccc(C#N)cc3)n(C)n2)c1. The molecular formula is C19H16N4O2. The molecule has 1 heterocycles. The number of carbonyl (C=O) groups is 1. The van der Waals surface area contributed by atoms with E-state index in [-0.39, 0.29) is 5.91 Å². The lowest BCUT2D eigenvalue weighted by Gasteiger charge is -2.04. The highest BCUT2D eigenvalue weighted by atomic mass is 16.5. The summed E-state index contributed by atoms with van der Waals surface area (Å²) in [6, 6.07) is 18.0. The van der Waals surface area contributed by atoms with Crippen LogP contribution >= 0.6 is 0 Å². The third-order valence-electron chi connectivity index (χ3n) is 3.75. The number of carbonyl (C=O) groups excluding carboxylic acids is 1. The van der Waals surface area contributed by atoms with Crippen molar-refractivity contribution in [3.63, 3.8) is 0 Å². The molecule has 0 spiro atoms. The fourth-order valence-electron chi connectivity index (χ4n) is 2.43. The Morgan fingerprint density at radius 2 is 1.96 bits per heavy atom. The topological polar surface area (TPSA) is 79.9 Å². The van der Waals surface area contributed by atoms with Crippen LogP contribution in [0.1, 0.15) is 16.1 Å². The third kappa shape index (κ3) is 3.51. The van der Waals surface area contributed by atoms with Gasteiger partial charge in [-0.25, -0.2) is 0 Å². The number of nitrogens with one attached hydrogen (secondary N) is 1. The molecule has 0 bridgehead atoms. The zero-order chi connectivity index (χ0) is 17.8. The molecule has 6 heteroatoms. The first-order valence-electron chi connectivity index (χ1n) is 7.60. The molecule has 0 saturated heterocycles. The molecule has 25 heavy (non-hydrogen) atoms. The van der Waals surface area contributed by atoms with Gasteiger partial charge in [-0.1, -0.05) is 12.1 Å². The van der Waals surface area contributed by atoms with E-state index in [1.165, 1.54) is 4.68 Å². The van der Waals surface area contributed by atoms with Crippen molar-refractivity contribution in [2.45, 2.75) is 0 Å². The number of aromatic nitrogens is 2. The summed E-state index contributed by atoms with van der Waals surface area (Å²) in [5, 5.41) is 16.0. The molecule has 0 aliphatic rings. The monoisotopic (exact) mass is 332 g/mol. The molecule has 0 saturated carbocycles. The average Bonchev–Trinajstić information content (AvgIpc) is 3.04. The highest BCUT2D eigenvalue weighted by Gasteiger charge is 2.15. The molecule has 0 aliphatic heterocycles. The third-order valence-corrected chi connectivity index (χ3v) is 3.75. The van der Waals surface area contributed by atoms with E-state index in [4.69, 9.17) is 10.00 Å². The molecule has 1 aromatic heterocycles. The first kappa shape index (κ1) is 16.3. The molecule has 6 nitrogen and oxygen atoms in total. The fourth-order valence-corrected chi connectivity index (χ4v) is 2.43. The van der Waals surface area contributed by atoms with Crippen molar-refractivity contribution < 1.29 is 9.53 Å². The van der Waals surface area contributed by atoms with Crippen molar-refractivity contribution >= 4 is 11.6 Å². The Bertz CT molecular complexity index is 952. The van der Waals surface area contributed by atoms with E-state index in [1.54, 1.807) is 44.5 Å². The standard InChI is InChI=1S/C19H16N4O2/c1-23-18(19(24)21-15-8-6-13(12-20)7-9-15)11-17(22-23)14-4-3-5-16(10-14)25-2/h3-11H,1-2H3,(H,21,24). The molecule has 1 N–H and O–H groups in total. The lowest BCUT2D eigenvalue weighted by molar-refractivity contribution is 0.101. The molecule has 0 fully saturated rings. The number of aryl methyl sites for hydroxylation is 1. The zero-order valence-corrected chi connectivity index (χ0v) is 13.9. The molecule has 3 aromatic rings. The van der Waals surface area contributed by atoms with Gasteiger partial charge >= 0.3 is 0 Å². The minimum absolute atomic E-state index is 0.270. The molecule has 1 amide bonds. The van der Waals surface area contributed by atoms with Crippen molar-refractivity contribution in [3.05, 3.63) is 65.9 Å². The molecule has 0 radical (unpaired) electrons. The highest BCUT2D eigenvalue weighted by Crippen LogP contribution is 2.23. The number of nitrogens with zero attached hydrogens (tertiary/aromatic N) is 3. The number of nitriles is 1. The Morgan fingerprint density at radius 1 is 1.20 bits per heavy atom. The summed E-state index contributed by atoms with van der Waals surface area (Å²) in [4.78, 5) is 12.5. The van der Waals surface area contributed by atoms with Crippen LogP contribution in [0.25, 0.3) is 11.3 Å². The number of methoxy groups -OCH3 is 1. The quantitative estimate of drug-likeness (QED) is 0.795. The van der Waals surface area contributed by atoms with Gasteiger partial charge < -0.3 is 10.1 Å². The van der Waals surface area contributed by atoms with Gasteiger partial charge in [0.15, 0.2) is 0 Å². The summed E-state index contributed by atoms with van der Waals surface area (Å²) in [5.74, 6) is 0.459. The van der Waals surface area contributed by atoms with Gasteiger partial charge in [-0.05, 0) is 42.5 Å². The van der Waals surface area contributed by atoms with Gasteiger partial charge in [-0.2, -0.15) is 10.4 Å². The van der Waals surface area contributed by atoms with Gasteiger partial charge in [0.2, 0.25) is 0 Å². The predicted octanol–water partition coefficient (Wildman–Crippen LogP) is 3.22. The summed E-state index contributed by atoms with van der Waals surface area (Å²) in [5.41, 5.74) is 3.15. The van der Waals surface area contributed by atoms with E-state index in [0.717, 1.165) is 11.3 Å². The second-order valence-electron chi connectivity index (χ2n) is 5.41. The normalized spacial score (nSPS) is 10.1. The Labute approximate surface area is 145 Å². The van der Waals surface area contributed by atoms with Gasteiger partial charge in [-0.15, -0.1) is 0 Å². The van der Waals surface area contributed by atoms with Crippen LogP contribution in [0.15, 0.2) is 54.6 Å². The zero-order valence-electron chi connectivity index (χ0n) is 13.9. The molecule has 2 aromatic carbocycles. The Morgan fingerprint density at radius 3 is 2.64 bits per heavy atom. The van der Waals surface area contributed by atoms with Crippen LogP contribution in [0.2, 0.25) is 0 Å². The number of anilines is 1. The Hall–Kier alpha value is -3.59. The van der Waals surface area contributed by atoms with Gasteiger partial charge in [0.1, 0.15) is 11.4 Å². The first-order chi connectivity index (χ1) is 12.1. The van der Waals surface area contributed by atoms with Gasteiger partial charge in [0, 0.05) is 18.3 Å². The summed E-state index contributed by atoms with van der Waals surface area (Å²) in [7, 11) is 3.32.